The van der Waals surface area contributed by atoms with Crippen LogP contribution >= 0.6 is 15.9 Å². The zero-order valence-corrected chi connectivity index (χ0v) is 12.7. The number of imidazole rings is 1. The first-order valence-corrected chi connectivity index (χ1v) is 7.09. The third kappa shape index (κ3) is 3.36. The number of nitrogens with zero attached hydrogens (tertiary/aromatic N) is 2. The van der Waals surface area contributed by atoms with Gasteiger partial charge in [0.1, 0.15) is 18.2 Å². The van der Waals surface area contributed by atoms with Gasteiger partial charge < -0.3 is 15.0 Å². The van der Waals surface area contributed by atoms with Crippen molar-refractivity contribution in [3.05, 3.63) is 46.5 Å². The molecule has 1 unspecified atom stereocenters. The molecule has 0 fully saturated rings. The van der Waals surface area contributed by atoms with E-state index in [4.69, 9.17) is 10.5 Å². The highest BCUT2D eigenvalue weighted by Crippen LogP contribution is 2.28. The van der Waals surface area contributed by atoms with Gasteiger partial charge in [-0.05, 0) is 26.0 Å². The van der Waals surface area contributed by atoms with Gasteiger partial charge in [-0.2, -0.15) is 0 Å². The molecule has 0 bridgehead atoms. The minimum atomic E-state index is -0.0611. The van der Waals surface area contributed by atoms with Crippen LogP contribution in [0, 0.1) is 0 Å². The number of nitrogens with two attached hydrogens (primary N) is 1. The maximum absolute atomic E-state index is 5.95. The van der Waals surface area contributed by atoms with Crippen LogP contribution in [0.25, 0.3) is 0 Å². The summed E-state index contributed by atoms with van der Waals surface area (Å²) in [4.78, 5) is 4.29. The van der Waals surface area contributed by atoms with Crippen LogP contribution in [0.4, 0.5) is 0 Å². The van der Waals surface area contributed by atoms with Crippen molar-refractivity contribution >= 4 is 15.9 Å². The molecule has 0 saturated carbocycles. The second-order valence-electron chi connectivity index (χ2n) is 4.39. The molecule has 2 aromatic rings. The van der Waals surface area contributed by atoms with Gasteiger partial charge in [0.05, 0.1) is 0 Å². The molecule has 1 aromatic carbocycles. The van der Waals surface area contributed by atoms with Gasteiger partial charge >= 0.3 is 0 Å². The summed E-state index contributed by atoms with van der Waals surface area (Å²) >= 11 is 3.45. The summed E-state index contributed by atoms with van der Waals surface area (Å²) in [6.07, 6.45) is 3.74. The first kappa shape index (κ1) is 14.1. The molecule has 0 saturated heterocycles. The highest BCUT2D eigenvalue weighted by molar-refractivity contribution is 9.10. The monoisotopic (exact) mass is 323 g/mol. The van der Waals surface area contributed by atoms with E-state index in [2.05, 4.69) is 32.4 Å². The fourth-order valence-electron chi connectivity index (χ4n) is 1.92. The molecule has 0 spiro atoms. The molecule has 0 amide bonds. The Bertz CT molecular complexity index is 551. The van der Waals surface area contributed by atoms with Crippen molar-refractivity contribution in [3.63, 3.8) is 0 Å². The van der Waals surface area contributed by atoms with Crippen LogP contribution in [0.5, 0.6) is 5.75 Å². The average molecular weight is 324 g/mol. The summed E-state index contributed by atoms with van der Waals surface area (Å²) in [6.45, 7) is 5.36. The SMILES string of the molecule is CCn1ccnc1COc1cc(Br)ccc1C(C)N. The van der Waals surface area contributed by atoms with Gasteiger partial charge in [-0.3, -0.25) is 0 Å². The molecular weight excluding hydrogens is 306 g/mol. The van der Waals surface area contributed by atoms with Crippen LogP contribution in [0.3, 0.4) is 0 Å². The zero-order chi connectivity index (χ0) is 13.8. The number of ether oxygens (including phenoxy) is 1. The zero-order valence-electron chi connectivity index (χ0n) is 11.1. The van der Waals surface area contributed by atoms with Crippen LogP contribution in [-0.2, 0) is 13.2 Å². The Kier molecular flexibility index (Phi) is 4.61. The van der Waals surface area contributed by atoms with Crippen LogP contribution in [0.2, 0.25) is 0 Å². The van der Waals surface area contributed by atoms with E-state index in [-0.39, 0.29) is 6.04 Å². The molecule has 2 rings (SSSR count). The highest BCUT2D eigenvalue weighted by Gasteiger charge is 2.10. The van der Waals surface area contributed by atoms with Crippen molar-refractivity contribution in [1.82, 2.24) is 9.55 Å². The van der Waals surface area contributed by atoms with Gasteiger partial charge in [0, 0.05) is 35.0 Å². The molecule has 1 aromatic heterocycles. The van der Waals surface area contributed by atoms with E-state index in [9.17, 15) is 0 Å². The number of rotatable bonds is 5. The van der Waals surface area contributed by atoms with Crippen molar-refractivity contribution in [2.75, 3.05) is 0 Å². The first-order chi connectivity index (χ1) is 9.11. The second kappa shape index (κ2) is 6.21. The van der Waals surface area contributed by atoms with Gasteiger partial charge in [0.15, 0.2) is 0 Å². The summed E-state index contributed by atoms with van der Waals surface area (Å²) < 4.78 is 8.91. The predicted octanol–water partition coefficient (Wildman–Crippen LogP) is 3.26. The molecule has 0 radical (unpaired) electrons. The van der Waals surface area contributed by atoms with Gasteiger partial charge in [0.2, 0.25) is 0 Å². The lowest BCUT2D eigenvalue weighted by molar-refractivity contribution is 0.285. The Morgan fingerprint density at radius 2 is 2.26 bits per heavy atom. The molecule has 0 aliphatic carbocycles. The maximum Gasteiger partial charge on any atom is 0.146 e. The quantitative estimate of drug-likeness (QED) is 0.918. The highest BCUT2D eigenvalue weighted by atomic mass is 79.9. The molecule has 5 heteroatoms. The van der Waals surface area contributed by atoms with Crippen molar-refractivity contribution in [2.45, 2.75) is 33.0 Å². The summed E-state index contributed by atoms with van der Waals surface area (Å²) in [7, 11) is 0. The van der Waals surface area contributed by atoms with Crippen LogP contribution < -0.4 is 10.5 Å². The number of benzene rings is 1. The maximum atomic E-state index is 5.95. The average Bonchev–Trinajstić information content (AvgIpc) is 2.83. The molecule has 19 heavy (non-hydrogen) atoms. The van der Waals surface area contributed by atoms with Gasteiger partial charge in [0.25, 0.3) is 0 Å². The fraction of sp³-hybridized carbons (Fsp3) is 0.357. The van der Waals surface area contributed by atoms with Crippen molar-refractivity contribution in [1.29, 1.82) is 0 Å². The number of halogens is 1. The first-order valence-electron chi connectivity index (χ1n) is 6.29. The van der Waals surface area contributed by atoms with E-state index in [0.29, 0.717) is 6.61 Å². The molecule has 1 heterocycles. The predicted molar refractivity (Wildman–Crippen MR) is 79.0 cm³/mol. The fourth-order valence-corrected chi connectivity index (χ4v) is 2.26. The van der Waals surface area contributed by atoms with Crippen molar-refractivity contribution in [3.8, 4) is 5.75 Å². The van der Waals surface area contributed by atoms with E-state index in [1.165, 1.54) is 0 Å². The standard InChI is InChI=1S/C14H18BrN3O/c1-3-18-7-6-17-14(18)9-19-13-8-11(15)4-5-12(13)10(2)16/h4-8,10H,3,9,16H2,1-2H3. The molecular formula is C14H18BrN3O. The van der Waals surface area contributed by atoms with Crippen LogP contribution in [-0.4, -0.2) is 9.55 Å². The summed E-state index contributed by atoms with van der Waals surface area (Å²) in [5.74, 6) is 1.72. The smallest absolute Gasteiger partial charge is 0.146 e. The third-order valence-electron chi connectivity index (χ3n) is 2.97. The normalized spacial score (nSPS) is 12.4. The molecule has 4 nitrogen and oxygen atoms in total. The lowest BCUT2D eigenvalue weighted by Crippen LogP contribution is -2.10. The Hall–Kier alpha value is -1.33. The van der Waals surface area contributed by atoms with Gasteiger partial charge in [-0.1, -0.05) is 22.0 Å². The van der Waals surface area contributed by atoms with Crippen LogP contribution in [0.1, 0.15) is 31.3 Å². The largest absolute Gasteiger partial charge is 0.485 e. The van der Waals surface area contributed by atoms with E-state index in [0.717, 1.165) is 28.2 Å². The van der Waals surface area contributed by atoms with E-state index < -0.39 is 0 Å². The van der Waals surface area contributed by atoms with E-state index >= 15 is 0 Å². The van der Waals surface area contributed by atoms with Gasteiger partial charge in [-0.25, -0.2) is 4.98 Å². The minimum Gasteiger partial charge on any atom is -0.485 e. The Morgan fingerprint density at radius 1 is 1.47 bits per heavy atom. The molecule has 2 N–H and O–H groups in total. The molecule has 0 aliphatic heterocycles. The van der Waals surface area contributed by atoms with E-state index in [1.54, 1.807) is 6.20 Å². The lowest BCUT2D eigenvalue weighted by atomic mass is 10.1. The molecule has 1 atom stereocenters. The lowest BCUT2D eigenvalue weighted by Gasteiger charge is -2.14. The van der Waals surface area contributed by atoms with Crippen molar-refractivity contribution < 1.29 is 4.74 Å². The minimum absolute atomic E-state index is 0.0611. The summed E-state index contributed by atoms with van der Waals surface area (Å²) in [6, 6.07) is 5.83. The van der Waals surface area contributed by atoms with Crippen LogP contribution in [0.15, 0.2) is 35.1 Å². The Balaban J connectivity index is 2.17. The van der Waals surface area contributed by atoms with Gasteiger partial charge in [-0.15, -0.1) is 0 Å². The number of hydrogen-bond donors (Lipinski definition) is 1. The Morgan fingerprint density at radius 3 is 2.95 bits per heavy atom. The topological polar surface area (TPSA) is 53.1 Å². The summed E-state index contributed by atoms with van der Waals surface area (Å²) in [5, 5.41) is 0. The number of hydrogen-bond acceptors (Lipinski definition) is 3. The summed E-state index contributed by atoms with van der Waals surface area (Å²) in [5.41, 5.74) is 6.95. The molecule has 102 valence electrons. The second-order valence-corrected chi connectivity index (χ2v) is 5.30. The van der Waals surface area contributed by atoms with E-state index in [1.807, 2.05) is 31.3 Å². The molecule has 0 aliphatic rings. The third-order valence-corrected chi connectivity index (χ3v) is 3.46. The number of aryl methyl sites for hydroxylation is 1. The number of aromatic nitrogens is 2. The Labute approximate surface area is 121 Å². The van der Waals surface area contributed by atoms with Crippen molar-refractivity contribution in [2.24, 2.45) is 5.73 Å².